The van der Waals surface area contributed by atoms with Crippen molar-refractivity contribution in [3.8, 4) is 5.75 Å². The topological polar surface area (TPSA) is 106 Å². The molecule has 2 heterocycles. The highest BCUT2D eigenvalue weighted by Gasteiger charge is 2.54. The highest BCUT2D eigenvalue weighted by Crippen LogP contribution is 2.43. The Bertz CT molecular complexity index is 1440. The maximum absolute atomic E-state index is 15.3. The Balaban J connectivity index is 1.61. The fourth-order valence-corrected chi connectivity index (χ4v) is 5.37. The van der Waals surface area contributed by atoms with Crippen LogP contribution in [0, 0.1) is 5.92 Å². The zero-order valence-electron chi connectivity index (χ0n) is 22.3. The number of ether oxygens (including phenoxy) is 2. The first-order valence-corrected chi connectivity index (χ1v) is 13.0. The molecule has 0 spiro atoms. The highest BCUT2D eigenvalue weighted by atomic mass is 19.1. The summed E-state index contributed by atoms with van der Waals surface area (Å²) in [5.41, 5.74) is -0.491. The lowest BCUT2D eigenvalue weighted by molar-refractivity contribution is -0.136. The van der Waals surface area contributed by atoms with Crippen LogP contribution >= 0.6 is 0 Å². The van der Waals surface area contributed by atoms with Crippen molar-refractivity contribution in [1.82, 2.24) is 9.55 Å². The molecular formula is C31H32FN3O5. The Morgan fingerprint density at radius 3 is 1.98 bits per heavy atom. The van der Waals surface area contributed by atoms with Gasteiger partial charge in [0.2, 0.25) is 0 Å². The number of aliphatic hydroxyl groups excluding tert-OH is 2. The molecule has 0 saturated carbocycles. The van der Waals surface area contributed by atoms with Crippen LogP contribution in [0.15, 0.2) is 102 Å². The first-order chi connectivity index (χ1) is 19.4. The van der Waals surface area contributed by atoms with Gasteiger partial charge in [-0.05, 0) is 34.9 Å². The van der Waals surface area contributed by atoms with Crippen molar-refractivity contribution in [3.05, 3.63) is 124 Å². The van der Waals surface area contributed by atoms with Crippen LogP contribution in [-0.4, -0.2) is 51.9 Å². The predicted octanol–water partition coefficient (Wildman–Crippen LogP) is 3.88. The fourth-order valence-electron chi connectivity index (χ4n) is 5.37. The summed E-state index contributed by atoms with van der Waals surface area (Å²) in [7, 11) is 1.61. The molecule has 3 atom stereocenters. The lowest BCUT2D eigenvalue weighted by Crippen LogP contribution is -2.43. The zero-order valence-corrected chi connectivity index (χ0v) is 22.3. The summed E-state index contributed by atoms with van der Waals surface area (Å²) in [6, 6.07) is 28.9. The second-order valence-corrected chi connectivity index (χ2v) is 9.96. The third kappa shape index (κ3) is 4.66. The Kier molecular flexibility index (Phi) is 7.71. The van der Waals surface area contributed by atoms with Crippen LogP contribution in [0.25, 0.3) is 0 Å². The molecule has 0 aliphatic carbocycles. The van der Waals surface area contributed by atoms with Crippen molar-refractivity contribution in [2.45, 2.75) is 30.5 Å². The van der Waals surface area contributed by atoms with Crippen LogP contribution in [-0.2, 0) is 10.3 Å². The standard InChI is InChI=1S/C31H32FN3O5/c1-21-27(32)28(40-30(21,19-36)20-37)35-18-17-26(33-29(35)38)34-31(22-9-5-3-6-10-22,23-11-7-4-8-12-23)24-13-15-25(39-2)16-14-24/h3-18,21,27-28,36-37H,19-20H2,1-2H3,(H,33,34,38)/t21-,27+,28+/m0/s1. The van der Waals surface area contributed by atoms with Crippen molar-refractivity contribution < 1.29 is 24.1 Å². The Hall–Kier alpha value is -4.05. The van der Waals surface area contributed by atoms with E-state index in [9.17, 15) is 15.0 Å². The van der Waals surface area contributed by atoms with E-state index in [0.717, 1.165) is 21.3 Å². The molecule has 1 saturated heterocycles. The van der Waals surface area contributed by atoms with Gasteiger partial charge in [0.05, 0.1) is 20.3 Å². The van der Waals surface area contributed by atoms with Crippen LogP contribution < -0.4 is 15.7 Å². The van der Waals surface area contributed by atoms with Crippen molar-refractivity contribution in [3.63, 3.8) is 0 Å². The largest absolute Gasteiger partial charge is 0.497 e. The molecule has 1 aliphatic heterocycles. The SMILES string of the molecule is COc1ccc(C(Nc2ccn([C@@H]3OC(CO)(CO)[C@@H](C)[C@H]3F)c(=O)n2)(c2ccccc2)c2ccccc2)cc1. The maximum Gasteiger partial charge on any atom is 0.351 e. The molecule has 1 aromatic heterocycles. The normalized spacial score (nSPS) is 20.3. The van der Waals surface area contributed by atoms with Crippen molar-refractivity contribution >= 4 is 5.82 Å². The molecule has 4 aromatic rings. The van der Waals surface area contributed by atoms with Crippen LogP contribution in [0.3, 0.4) is 0 Å². The predicted molar refractivity (Wildman–Crippen MR) is 149 cm³/mol. The lowest BCUT2D eigenvalue weighted by atomic mass is 9.77. The second-order valence-electron chi connectivity index (χ2n) is 9.96. The van der Waals surface area contributed by atoms with Crippen LogP contribution in [0.4, 0.5) is 10.2 Å². The molecule has 9 heteroatoms. The van der Waals surface area contributed by atoms with Gasteiger partial charge in [0, 0.05) is 12.1 Å². The molecule has 3 N–H and O–H groups in total. The minimum Gasteiger partial charge on any atom is -0.497 e. The van der Waals surface area contributed by atoms with Gasteiger partial charge < -0.3 is 25.0 Å². The molecule has 8 nitrogen and oxygen atoms in total. The first-order valence-electron chi connectivity index (χ1n) is 13.0. The number of hydrogen-bond acceptors (Lipinski definition) is 7. The highest BCUT2D eigenvalue weighted by molar-refractivity contribution is 5.58. The number of nitrogens with one attached hydrogen (secondary N) is 1. The number of nitrogens with zero attached hydrogens (tertiary/aromatic N) is 2. The van der Waals surface area contributed by atoms with E-state index in [1.165, 1.54) is 13.1 Å². The average molecular weight is 546 g/mol. The number of aromatic nitrogens is 2. The third-order valence-corrected chi connectivity index (χ3v) is 7.83. The Morgan fingerprint density at radius 2 is 1.50 bits per heavy atom. The molecule has 0 unspecified atom stereocenters. The Morgan fingerprint density at radius 1 is 0.950 bits per heavy atom. The third-order valence-electron chi connectivity index (χ3n) is 7.83. The number of rotatable bonds is 9. The van der Waals surface area contributed by atoms with Crippen LogP contribution in [0.5, 0.6) is 5.75 Å². The van der Waals surface area contributed by atoms with E-state index in [1.807, 2.05) is 84.9 Å². The summed E-state index contributed by atoms with van der Waals surface area (Å²) < 4.78 is 27.4. The van der Waals surface area contributed by atoms with Gasteiger partial charge in [0.25, 0.3) is 0 Å². The van der Waals surface area contributed by atoms with E-state index < -0.39 is 48.4 Å². The van der Waals surface area contributed by atoms with Crippen molar-refractivity contribution in [2.75, 3.05) is 25.6 Å². The number of aliphatic hydroxyl groups is 2. The second kappa shape index (κ2) is 11.2. The minimum absolute atomic E-state index is 0.266. The number of anilines is 1. The molecule has 1 fully saturated rings. The number of methoxy groups -OCH3 is 1. The van der Waals surface area contributed by atoms with Gasteiger partial charge in [-0.3, -0.25) is 4.57 Å². The van der Waals surface area contributed by atoms with E-state index in [-0.39, 0.29) is 5.82 Å². The van der Waals surface area contributed by atoms with E-state index >= 15 is 4.39 Å². The molecule has 0 amide bonds. The quantitative estimate of drug-likeness (QED) is 0.274. The molecular weight excluding hydrogens is 513 g/mol. The zero-order chi connectivity index (χ0) is 28.3. The lowest BCUT2D eigenvalue weighted by Gasteiger charge is -2.37. The van der Waals surface area contributed by atoms with Gasteiger partial charge >= 0.3 is 5.69 Å². The summed E-state index contributed by atoms with van der Waals surface area (Å²) in [6.07, 6.45) is -1.55. The maximum atomic E-state index is 15.3. The van der Waals surface area contributed by atoms with E-state index in [4.69, 9.17) is 9.47 Å². The monoisotopic (exact) mass is 545 g/mol. The first kappa shape index (κ1) is 27.5. The molecule has 1 aliphatic rings. The summed E-state index contributed by atoms with van der Waals surface area (Å²) in [5.74, 6) is 0.130. The van der Waals surface area contributed by atoms with Gasteiger partial charge in [-0.15, -0.1) is 0 Å². The summed E-state index contributed by atoms with van der Waals surface area (Å²) >= 11 is 0. The van der Waals surface area contributed by atoms with Gasteiger partial charge in [-0.25, -0.2) is 9.18 Å². The minimum atomic E-state index is -1.63. The molecule has 208 valence electrons. The van der Waals surface area contributed by atoms with Crippen molar-refractivity contribution in [2.24, 2.45) is 5.92 Å². The van der Waals surface area contributed by atoms with Gasteiger partial charge in [-0.2, -0.15) is 4.98 Å². The van der Waals surface area contributed by atoms with E-state index in [0.29, 0.717) is 5.75 Å². The number of benzene rings is 3. The number of alkyl halides is 1. The molecule has 40 heavy (non-hydrogen) atoms. The molecule has 0 bridgehead atoms. The van der Waals surface area contributed by atoms with Crippen LogP contribution in [0.2, 0.25) is 0 Å². The van der Waals surface area contributed by atoms with Gasteiger partial charge in [0.15, 0.2) is 12.4 Å². The average Bonchev–Trinajstić information content (AvgIpc) is 3.26. The number of hydrogen-bond donors (Lipinski definition) is 3. The Labute approximate surface area is 231 Å². The van der Waals surface area contributed by atoms with E-state index in [2.05, 4.69) is 10.3 Å². The molecule has 5 rings (SSSR count). The van der Waals surface area contributed by atoms with Crippen molar-refractivity contribution in [1.29, 1.82) is 0 Å². The van der Waals surface area contributed by atoms with Gasteiger partial charge in [-0.1, -0.05) is 79.7 Å². The van der Waals surface area contributed by atoms with E-state index in [1.54, 1.807) is 13.2 Å². The molecule has 3 aromatic carbocycles. The number of halogens is 1. The fraction of sp³-hybridized carbons (Fsp3) is 0.290. The smallest absolute Gasteiger partial charge is 0.351 e. The summed E-state index contributed by atoms with van der Waals surface area (Å²) in [5, 5.41) is 23.1. The van der Waals surface area contributed by atoms with Gasteiger partial charge in [0.1, 0.15) is 22.7 Å². The summed E-state index contributed by atoms with van der Waals surface area (Å²) in [6.45, 7) is 0.373. The molecule has 0 radical (unpaired) electrons. The summed E-state index contributed by atoms with van der Waals surface area (Å²) in [4.78, 5) is 17.5. The van der Waals surface area contributed by atoms with Crippen LogP contribution in [0.1, 0.15) is 29.8 Å².